The zero-order valence-corrected chi connectivity index (χ0v) is 18.4. The molecule has 9 heteroatoms. The number of nitrogens with zero attached hydrogens (tertiary/aromatic N) is 4. The van der Waals surface area contributed by atoms with Crippen LogP contribution in [0.1, 0.15) is 16.1 Å². The smallest absolute Gasteiger partial charge is 0.284 e. The summed E-state index contributed by atoms with van der Waals surface area (Å²) >= 11 is 3.29. The van der Waals surface area contributed by atoms with Crippen LogP contribution < -0.4 is 16.6 Å². The van der Waals surface area contributed by atoms with Gasteiger partial charge in [-0.05, 0) is 47.1 Å². The Labute approximate surface area is 186 Å². The molecule has 8 nitrogen and oxygen atoms in total. The monoisotopic (exact) mass is 478 g/mol. The Morgan fingerprint density at radius 2 is 1.77 bits per heavy atom. The van der Waals surface area contributed by atoms with E-state index in [0.717, 1.165) is 5.56 Å². The van der Waals surface area contributed by atoms with Gasteiger partial charge in [0, 0.05) is 18.3 Å². The summed E-state index contributed by atoms with van der Waals surface area (Å²) in [5.41, 5.74) is 8.73. The lowest BCUT2D eigenvalue weighted by atomic mass is 10.1. The molecule has 0 aliphatic heterocycles. The van der Waals surface area contributed by atoms with Gasteiger partial charge in [-0.15, -0.1) is 0 Å². The van der Waals surface area contributed by atoms with Crippen LogP contribution in [0.25, 0.3) is 16.9 Å². The molecule has 0 fully saturated rings. The fourth-order valence-corrected chi connectivity index (χ4v) is 3.60. The maximum atomic E-state index is 13.0. The first kappa shape index (κ1) is 20.5. The van der Waals surface area contributed by atoms with E-state index in [4.69, 9.17) is 5.73 Å². The van der Waals surface area contributed by atoms with E-state index in [1.807, 2.05) is 30.3 Å². The van der Waals surface area contributed by atoms with Crippen molar-refractivity contribution in [3.63, 3.8) is 0 Å². The number of nitrogens with one attached hydrogen (secondary N) is 1. The van der Waals surface area contributed by atoms with Crippen molar-refractivity contribution in [2.45, 2.75) is 6.92 Å². The van der Waals surface area contributed by atoms with Crippen LogP contribution in [-0.2, 0) is 7.05 Å². The van der Waals surface area contributed by atoms with Crippen LogP contribution in [0.15, 0.2) is 70.2 Å². The fraction of sp³-hybridized carbons (Fsp3) is 0.0909. The standard InChI is InChI=1S/C22H19BrN6O2/c1-13-18(22(31)29(28(13)2)16-6-4-3-5-7-16)21(30)26-15-10-8-14(9-11-15)19-20(24)25-12-17(23)27-19/h3-12H,1-2H3,(H2,24,25)(H,26,30). The van der Waals surface area contributed by atoms with Crippen LogP contribution in [0.5, 0.6) is 0 Å². The molecular weight excluding hydrogens is 460 g/mol. The summed E-state index contributed by atoms with van der Waals surface area (Å²) in [4.78, 5) is 34.3. The number of carbonyl (C=O) groups is 1. The predicted molar refractivity (Wildman–Crippen MR) is 123 cm³/mol. The highest BCUT2D eigenvalue weighted by molar-refractivity contribution is 9.10. The summed E-state index contributed by atoms with van der Waals surface area (Å²) in [5.74, 6) is -0.163. The molecule has 0 saturated heterocycles. The van der Waals surface area contributed by atoms with Gasteiger partial charge in [0.25, 0.3) is 11.5 Å². The second-order valence-corrected chi connectivity index (χ2v) is 7.71. The number of amides is 1. The van der Waals surface area contributed by atoms with Gasteiger partial charge in [0.15, 0.2) is 0 Å². The third-order valence-electron chi connectivity index (χ3n) is 4.97. The molecule has 4 aromatic rings. The molecule has 0 bridgehead atoms. The normalized spacial score (nSPS) is 10.8. The lowest BCUT2D eigenvalue weighted by Gasteiger charge is -2.08. The van der Waals surface area contributed by atoms with Gasteiger partial charge in [0.2, 0.25) is 0 Å². The summed E-state index contributed by atoms with van der Waals surface area (Å²) < 4.78 is 3.72. The van der Waals surface area contributed by atoms with Crippen molar-refractivity contribution in [2.75, 3.05) is 11.1 Å². The maximum Gasteiger partial charge on any atom is 0.284 e. The highest BCUT2D eigenvalue weighted by Crippen LogP contribution is 2.25. The summed E-state index contributed by atoms with van der Waals surface area (Å²) in [7, 11) is 1.75. The summed E-state index contributed by atoms with van der Waals surface area (Å²) in [6.45, 7) is 1.74. The van der Waals surface area contributed by atoms with E-state index in [-0.39, 0.29) is 11.1 Å². The number of nitrogen functional groups attached to an aromatic ring is 1. The summed E-state index contributed by atoms with van der Waals surface area (Å²) in [6, 6.07) is 16.2. The Bertz CT molecular complexity index is 1330. The van der Waals surface area contributed by atoms with Crippen molar-refractivity contribution in [2.24, 2.45) is 7.05 Å². The van der Waals surface area contributed by atoms with Gasteiger partial charge >= 0.3 is 0 Å². The van der Waals surface area contributed by atoms with Crippen molar-refractivity contribution in [1.82, 2.24) is 19.3 Å². The quantitative estimate of drug-likeness (QED) is 0.466. The molecule has 0 unspecified atom stereocenters. The zero-order valence-electron chi connectivity index (χ0n) is 16.8. The van der Waals surface area contributed by atoms with E-state index >= 15 is 0 Å². The molecule has 3 N–H and O–H groups in total. The van der Waals surface area contributed by atoms with Gasteiger partial charge in [-0.1, -0.05) is 30.3 Å². The number of halogens is 1. The molecule has 2 aromatic carbocycles. The Hall–Kier alpha value is -3.72. The Morgan fingerprint density at radius 3 is 2.45 bits per heavy atom. The van der Waals surface area contributed by atoms with Gasteiger partial charge in [0.05, 0.1) is 17.6 Å². The minimum Gasteiger partial charge on any atom is -0.382 e. The van der Waals surface area contributed by atoms with Gasteiger partial charge in [-0.3, -0.25) is 14.3 Å². The van der Waals surface area contributed by atoms with Crippen molar-refractivity contribution in [3.05, 3.63) is 87.0 Å². The van der Waals surface area contributed by atoms with Crippen LogP contribution in [0.3, 0.4) is 0 Å². The molecule has 0 aliphatic rings. The minimum absolute atomic E-state index is 0.0949. The number of carbonyl (C=O) groups excluding carboxylic acids is 1. The van der Waals surface area contributed by atoms with E-state index in [1.54, 1.807) is 42.9 Å². The second-order valence-electron chi connectivity index (χ2n) is 6.89. The number of hydrogen-bond donors (Lipinski definition) is 2. The molecule has 4 rings (SSSR count). The van der Waals surface area contributed by atoms with Crippen molar-refractivity contribution < 1.29 is 4.79 Å². The van der Waals surface area contributed by atoms with Gasteiger partial charge in [0.1, 0.15) is 21.7 Å². The first-order valence-electron chi connectivity index (χ1n) is 9.40. The molecule has 156 valence electrons. The van der Waals surface area contributed by atoms with Gasteiger partial charge in [-0.2, -0.15) is 0 Å². The Kier molecular flexibility index (Phi) is 5.43. The van der Waals surface area contributed by atoms with Crippen LogP contribution >= 0.6 is 15.9 Å². The second kappa shape index (κ2) is 8.19. The third-order valence-corrected chi connectivity index (χ3v) is 5.35. The average molecular weight is 479 g/mol. The first-order valence-corrected chi connectivity index (χ1v) is 10.2. The van der Waals surface area contributed by atoms with E-state index in [9.17, 15) is 9.59 Å². The Balaban J connectivity index is 1.62. The molecule has 0 spiro atoms. The van der Waals surface area contributed by atoms with Crippen molar-refractivity contribution in [3.8, 4) is 16.9 Å². The topological polar surface area (TPSA) is 108 Å². The maximum absolute atomic E-state index is 13.0. The van der Waals surface area contributed by atoms with E-state index in [0.29, 0.717) is 33.2 Å². The van der Waals surface area contributed by atoms with Gasteiger partial charge in [-0.25, -0.2) is 14.6 Å². The molecule has 31 heavy (non-hydrogen) atoms. The van der Waals surface area contributed by atoms with E-state index in [1.165, 1.54) is 10.9 Å². The van der Waals surface area contributed by atoms with Crippen LogP contribution in [0.2, 0.25) is 0 Å². The summed E-state index contributed by atoms with van der Waals surface area (Å²) in [5, 5.41) is 2.79. The molecular formula is C22H19BrN6O2. The van der Waals surface area contributed by atoms with Crippen LogP contribution in [0.4, 0.5) is 11.5 Å². The molecule has 0 saturated carbocycles. The highest BCUT2D eigenvalue weighted by Gasteiger charge is 2.22. The van der Waals surface area contributed by atoms with Crippen molar-refractivity contribution >= 4 is 33.3 Å². The fourth-order valence-electron chi connectivity index (χ4n) is 3.32. The highest BCUT2D eigenvalue weighted by atomic mass is 79.9. The number of rotatable bonds is 4. The molecule has 0 aliphatic carbocycles. The number of nitrogens with two attached hydrogens (primary N) is 1. The lowest BCUT2D eigenvalue weighted by molar-refractivity contribution is 0.102. The number of anilines is 2. The minimum atomic E-state index is -0.470. The SMILES string of the molecule is Cc1c(C(=O)Nc2ccc(-c3nc(Br)cnc3N)cc2)c(=O)n(-c2ccccc2)n1C. The van der Waals surface area contributed by atoms with Crippen LogP contribution in [-0.4, -0.2) is 25.2 Å². The van der Waals surface area contributed by atoms with Crippen molar-refractivity contribution in [1.29, 1.82) is 0 Å². The molecule has 0 atom stereocenters. The average Bonchev–Trinajstić information content (AvgIpc) is 2.99. The van der Waals surface area contributed by atoms with E-state index in [2.05, 4.69) is 31.2 Å². The van der Waals surface area contributed by atoms with Crippen LogP contribution in [0, 0.1) is 6.92 Å². The predicted octanol–water partition coefficient (Wildman–Crippen LogP) is 3.54. The molecule has 0 radical (unpaired) electrons. The number of benzene rings is 2. The molecule has 1 amide bonds. The van der Waals surface area contributed by atoms with E-state index < -0.39 is 5.91 Å². The third kappa shape index (κ3) is 3.87. The first-order chi connectivity index (χ1) is 14.9. The number of hydrogen-bond acceptors (Lipinski definition) is 5. The molecule has 2 heterocycles. The zero-order chi connectivity index (χ0) is 22.1. The molecule has 2 aromatic heterocycles. The Morgan fingerprint density at radius 1 is 1.10 bits per heavy atom. The number of aromatic nitrogens is 4. The lowest BCUT2D eigenvalue weighted by Crippen LogP contribution is -2.25. The number of para-hydroxylation sites is 1. The van der Waals surface area contributed by atoms with Gasteiger partial charge < -0.3 is 11.1 Å². The summed E-state index contributed by atoms with van der Waals surface area (Å²) in [6.07, 6.45) is 1.53. The largest absolute Gasteiger partial charge is 0.382 e.